The van der Waals surface area contributed by atoms with E-state index in [1.807, 2.05) is 72.8 Å². The second-order valence-electron chi connectivity index (χ2n) is 14.0. The van der Waals surface area contributed by atoms with Crippen molar-refractivity contribution >= 4 is 36.3 Å². The highest BCUT2D eigenvalue weighted by molar-refractivity contribution is 6.05. The monoisotopic (exact) mass is 748 g/mol. The Balaban J connectivity index is 1.33. The first kappa shape index (κ1) is 37.1. The summed E-state index contributed by atoms with van der Waals surface area (Å²) in [6, 6.07) is 64.0. The van der Waals surface area contributed by atoms with Gasteiger partial charge in [0, 0.05) is 22.3 Å². The molecule has 0 heterocycles. The second kappa shape index (κ2) is 16.9. The minimum atomic E-state index is 0.617. The molecular weight excluding hydrogens is 713 g/mol. The molecular formula is C54H36O4. The van der Waals surface area contributed by atoms with Gasteiger partial charge in [0.25, 0.3) is 0 Å². The zero-order valence-corrected chi connectivity index (χ0v) is 31.4. The van der Waals surface area contributed by atoms with Crippen LogP contribution < -0.4 is 0 Å². The van der Waals surface area contributed by atoms with Crippen LogP contribution in [0, 0.1) is 0 Å². The van der Waals surface area contributed by atoms with Crippen LogP contribution in [0.5, 0.6) is 0 Å². The molecule has 0 radical (unpaired) electrons. The fourth-order valence-corrected chi connectivity index (χ4v) is 7.39. The Hall–Kier alpha value is -7.82. The third-order valence-corrected chi connectivity index (χ3v) is 10.4. The van der Waals surface area contributed by atoms with Crippen LogP contribution in [0.25, 0.3) is 55.7 Å². The summed E-state index contributed by atoms with van der Waals surface area (Å²) in [5.41, 5.74) is 16.2. The summed E-state index contributed by atoms with van der Waals surface area (Å²) in [4.78, 5) is 46.4. The largest absolute Gasteiger partial charge is 0.298 e. The van der Waals surface area contributed by atoms with Gasteiger partial charge in [-0.2, -0.15) is 0 Å². The van der Waals surface area contributed by atoms with E-state index in [4.69, 9.17) is 0 Å². The van der Waals surface area contributed by atoms with Crippen LogP contribution in [-0.2, 0) is 0 Å². The van der Waals surface area contributed by atoms with Crippen molar-refractivity contribution < 1.29 is 19.2 Å². The molecule has 0 aliphatic carbocycles. The van der Waals surface area contributed by atoms with Gasteiger partial charge >= 0.3 is 0 Å². The van der Waals surface area contributed by atoms with Crippen LogP contribution in [-0.4, -0.2) is 25.1 Å². The molecule has 58 heavy (non-hydrogen) atoms. The first-order chi connectivity index (χ1) is 28.5. The van der Waals surface area contributed by atoms with E-state index in [1.54, 1.807) is 24.3 Å². The molecule has 0 saturated carbocycles. The maximum absolute atomic E-state index is 11.6. The lowest BCUT2D eigenvalue weighted by molar-refractivity contribution is 0.111. The van der Waals surface area contributed by atoms with Crippen molar-refractivity contribution in [3.05, 3.63) is 239 Å². The molecule has 0 aliphatic rings. The molecule has 8 rings (SSSR count). The Morgan fingerprint density at radius 3 is 0.638 bits per heavy atom. The second-order valence-corrected chi connectivity index (χ2v) is 14.0. The summed E-state index contributed by atoms with van der Waals surface area (Å²) in [6.07, 6.45) is 3.44. The molecule has 0 aliphatic heterocycles. The predicted molar refractivity (Wildman–Crippen MR) is 234 cm³/mol. The zero-order chi connectivity index (χ0) is 39.8. The summed E-state index contributed by atoms with van der Waals surface area (Å²) in [5.74, 6) is 0. The Bertz CT molecular complexity index is 2420. The highest BCUT2D eigenvalue weighted by atomic mass is 16.1. The average molecular weight is 749 g/mol. The Labute approximate surface area is 337 Å². The standard InChI is InChI=1S/C54H36O4/c55-33-37-5-1-9-49(29-37)41-13-21-45(22-14-41)53(46-23-15-42(16-24-46)50-10-2-6-38(30-50)34-56)54(47-25-17-43(18-26-47)51-11-3-7-39(31-51)35-57)48-27-19-44(20-28-48)52-12-4-8-40(32-52)36-58/h1-36H. The number of carbonyl (C=O) groups excluding carboxylic acids is 4. The van der Waals surface area contributed by atoms with Gasteiger partial charge < -0.3 is 0 Å². The van der Waals surface area contributed by atoms with Crippen molar-refractivity contribution in [1.29, 1.82) is 0 Å². The Kier molecular flexibility index (Phi) is 10.8. The van der Waals surface area contributed by atoms with Crippen LogP contribution >= 0.6 is 0 Å². The zero-order valence-electron chi connectivity index (χ0n) is 31.4. The first-order valence-corrected chi connectivity index (χ1v) is 18.9. The van der Waals surface area contributed by atoms with Gasteiger partial charge in [0.05, 0.1) is 0 Å². The Morgan fingerprint density at radius 1 is 0.241 bits per heavy atom. The van der Waals surface area contributed by atoms with Crippen LogP contribution in [0.4, 0.5) is 0 Å². The molecule has 4 nitrogen and oxygen atoms in total. The van der Waals surface area contributed by atoms with Gasteiger partial charge in [-0.05, 0) is 102 Å². The van der Waals surface area contributed by atoms with E-state index in [9.17, 15) is 19.2 Å². The van der Waals surface area contributed by atoms with Crippen molar-refractivity contribution in [2.75, 3.05) is 0 Å². The molecule has 0 amide bonds. The quantitative estimate of drug-likeness (QED) is 0.0921. The fourth-order valence-electron chi connectivity index (χ4n) is 7.39. The van der Waals surface area contributed by atoms with Crippen LogP contribution in [0.1, 0.15) is 63.7 Å². The van der Waals surface area contributed by atoms with Gasteiger partial charge in [-0.3, -0.25) is 19.2 Å². The maximum Gasteiger partial charge on any atom is 0.150 e. The minimum Gasteiger partial charge on any atom is -0.298 e. The smallest absolute Gasteiger partial charge is 0.150 e. The normalized spacial score (nSPS) is 10.7. The Morgan fingerprint density at radius 2 is 0.448 bits per heavy atom. The number of aldehydes is 4. The van der Waals surface area contributed by atoms with Crippen LogP contribution in [0.15, 0.2) is 194 Å². The number of benzene rings is 8. The molecule has 276 valence electrons. The minimum absolute atomic E-state index is 0.617. The predicted octanol–water partition coefficient (Wildman–Crippen LogP) is 12.6. The molecule has 4 heteroatoms. The molecule has 0 fully saturated rings. The number of rotatable bonds is 12. The fraction of sp³-hybridized carbons (Fsp3) is 0. The van der Waals surface area contributed by atoms with Crippen molar-refractivity contribution in [1.82, 2.24) is 0 Å². The van der Waals surface area contributed by atoms with Crippen molar-refractivity contribution in [2.45, 2.75) is 0 Å². The lowest BCUT2D eigenvalue weighted by Crippen LogP contribution is -1.98. The summed E-state index contributed by atoms with van der Waals surface area (Å²) in [5, 5.41) is 0. The van der Waals surface area contributed by atoms with Gasteiger partial charge in [-0.25, -0.2) is 0 Å². The van der Waals surface area contributed by atoms with E-state index in [2.05, 4.69) is 97.1 Å². The molecule has 0 unspecified atom stereocenters. The van der Waals surface area contributed by atoms with Crippen molar-refractivity contribution in [2.24, 2.45) is 0 Å². The topological polar surface area (TPSA) is 68.3 Å². The molecule has 8 aromatic rings. The van der Waals surface area contributed by atoms with E-state index >= 15 is 0 Å². The molecule has 0 atom stereocenters. The molecule has 0 aromatic heterocycles. The van der Waals surface area contributed by atoms with Gasteiger partial charge in [0.1, 0.15) is 25.1 Å². The van der Waals surface area contributed by atoms with Crippen LogP contribution in [0.2, 0.25) is 0 Å². The average Bonchev–Trinajstić information content (AvgIpc) is 3.31. The molecule has 0 spiro atoms. The third-order valence-electron chi connectivity index (χ3n) is 10.4. The SMILES string of the molecule is O=Cc1cccc(-c2ccc(C(=C(c3ccc(-c4cccc(C=O)c4)cc3)c3ccc(-c4cccc(C=O)c4)cc3)c3ccc(-c4cccc(C=O)c4)cc3)cc2)c1. The lowest BCUT2D eigenvalue weighted by Gasteiger charge is -2.20. The summed E-state index contributed by atoms with van der Waals surface area (Å²) < 4.78 is 0. The van der Waals surface area contributed by atoms with Gasteiger partial charge in [0.15, 0.2) is 0 Å². The molecule has 8 aromatic carbocycles. The van der Waals surface area contributed by atoms with Gasteiger partial charge in [-0.15, -0.1) is 0 Å². The highest BCUT2D eigenvalue weighted by Crippen LogP contribution is 2.40. The number of hydrogen-bond acceptors (Lipinski definition) is 4. The first-order valence-electron chi connectivity index (χ1n) is 18.9. The molecule has 0 saturated heterocycles. The van der Waals surface area contributed by atoms with Crippen molar-refractivity contribution in [3.8, 4) is 44.5 Å². The highest BCUT2D eigenvalue weighted by Gasteiger charge is 2.18. The van der Waals surface area contributed by atoms with E-state index < -0.39 is 0 Å². The number of hydrogen-bond donors (Lipinski definition) is 0. The molecule has 0 bridgehead atoms. The van der Waals surface area contributed by atoms with E-state index in [0.29, 0.717) is 22.3 Å². The van der Waals surface area contributed by atoms with Crippen molar-refractivity contribution in [3.63, 3.8) is 0 Å². The van der Waals surface area contributed by atoms with E-state index in [1.165, 1.54) is 0 Å². The summed E-state index contributed by atoms with van der Waals surface area (Å²) in [7, 11) is 0. The van der Waals surface area contributed by atoms with Gasteiger partial charge in [-0.1, -0.05) is 170 Å². The molecule has 0 N–H and O–H groups in total. The maximum atomic E-state index is 11.6. The van der Waals surface area contributed by atoms with Crippen LogP contribution in [0.3, 0.4) is 0 Å². The van der Waals surface area contributed by atoms with Gasteiger partial charge in [0.2, 0.25) is 0 Å². The third kappa shape index (κ3) is 7.95. The van der Waals surface area contributed by atoms with E-state index in [0.717, 1.165) is 103 Å². The lowest BCUT2D eigenvalue weighted by atomic mass is 9.84. The summed E-state index contributed by atoms with van der Waals surface area (Å²) in [6.45, 7) is 0. The van der Waals surface area contributed by atoms with E-state index in [-0.39, 0.29) is 0 Å². The summed E-state index contributed by atoms with van der Waals surface area (Å²) >= 11 is 0. The number of carbonyl (C=O) groups is 4.